The molecular formula is C20H22F2N2O4. The van der Waals surface area contributed by atoms with Crippen LogP contribution in [0.4, 0.5) is 8.78 Å². The number of amides is 1. The Bertz CT molecular complexity index is 885. The summed E-state index contributed by atoms with van der Waals surface area (Å²) in [7, 11) is 0. The molecule has 28 heavy (non-hydrogen) atoms. The number of benzene rings is 1. The molecule has 3 rings (SSSR count). The number of aliphatic hydroxyl groups excluding tert-OH is 1. The van der Waals surface area contributed by atoms with Crippen LogP contribution < -0.4 is 10.5 Å². The molecule has 1 aromatic heterocycles. The van der Waals surface area contributed by atoms with E-state index in [1.54, 1.807) is 6.92 Å². The van der Waals surface area contributed by atoms with Gasteiger partial charge in [0.15, 0.2) is 5.60 Å². The SMILES string of the molecule is CCOc1c(CC(N)=O)cc([C@@](O)(CO)C2(F)CC2)nc1-c1ccc(F)cc1. The molecule has 1 aromatic carbocycles. The van der Waals surface area contributed by atoms with Crippen molar-refractivity contribution < 1.29 is 28.5 Å². The Labute approximate surface area is 161 Å². The van der Waals surface area contributed by atoms with E-state index in [4.69, 9.17) is 10.5 Å². The average Bonchev–Trinajstić information content (AvgIpc) is 3.41. The molecule has 150 valence electrons. The summed E-state index contributed by atoms with van der Waals surface area (Å²) in [5.41, 5.74) is 1.91. The predicted molar refractivity (Wildman–Crippen MR) is 97.8 cm³/mol. The van der Waals surface area contributed by atoms with Crippen LogP contribution in [0.3, 0.4) is 0 Å². The molecule has 8 heteroatoms. The number of nitrogens with zero attached hydrogens (tertiary/aromatic N) is 1. The molecule has 1 aliphatic rings. The Morgan fingerprint density at radius 2 is 2.00 bits per heavy atom. The molecule has 0 aliphatic heterocycles. The van der Waals surface area contributed by atoms with Gasteiger partial charge in [-0.25, -0.2) is 13.8 Å². The van der Waals surface area contributed by atoms with Gasteiger partial charge in [-0.2, -0.15) is 0 Å². The zero-order valence-corrected chi connectivity index (χ0v) is 15.4. The number of hydrogen-bond acceptors (Lipinski definition) is 5. The first-order valence-corrected chi connectivity index (χ1v) is 8.97. The van der Waals surface area contributed by atoms with E-state index >= 15 is 0 Å². The van der Waals surface area contributed by atoms with Crippen molar-refractivity contribution in [1.82, 2.24) is 4.98 Å². The molecule has 1 atom stereocenters. The van der Waals surface area contributed by atoms with E-state index < -0.39 is 29.6 Å². The molecule has 0 spiro atoms. The number of pyridine rings is 1. The highest BCUT2D eigenvalue weighted by atomic mass is 19.1. The Morgan fingerprint density at radius 1 is 1.36 bits per heavy atom. The first-order chi connectivity index (χ1) is 13.2. The minimum Gasteiger partial charge on any atom is -0.491 e. The summed E-state index contributed by atoms with van der Waals surface area (Å²) in [5.74, 6) is -0.875. The number of rotatable bonds is 8. The molecule has 0 unspecified atom stereocenters. The second-order valence-corrected chi connectivity index (χ2v) is 6.91. The zero-order valence-electron chi connectivity index (χ0n) is 15.4. The summed E-state index contributed by atoms with van der Waals surface area (Å²) in [4.78, 5) is 15.9. The molecule has 1 heterocycles. The van der Waals surface area contributed by atoms with Crippen molar-refractivity contribution >= 4 is 5.91 Å². The second-order valence-electron chi connectivity index (χ2n) is 6.91. The predicted octanol–water partition coefficient (Wildman–Crippen LogP) is 2.00. The smallest absolute Gasteiger partial charge is 0.221 e. The average molecular weight is 392 g/mol. The van der Waals surface area contributed by atoms with Crippen LogP contribution in [0, 0.1) is 5.82 Å². The summed E-state index contributed by atoms with van der Waals surface area (Å²) < 4.78 is 33.9. The lowest BCUT2D eigenvalue weighted by Crippen LogP contribution is -2.43. The fourth-order valence-electron chi connectivity index (χ4n) is 3.20. The van der Waals surface area contributed by atoms with Crippen molar-refractivity contribution in [3.63, 3.8) is 0 Å². The molecule has 0 saturated heterocycles. The third kappa shape index (κ3) is 3.57. The van der Waals surface area contributed by atoms with Gasteiger partial charge < -0.3 is 20.7 Å². The van der Waals surface area contributed by atoms with Crippen molar-refractivity contribution in [2.75, 3.05) is 13.2 Å². The topological polar surface area (TPSA) is 106 Å². The zero-order chi connectivity index (χ0) is 20.5. The first kappa shape index (κ1) is 20.2. The van der Waals surface area contributed by atoms with Crippen molar-refractivity contribution in [2.45, 2.75) is 37.5 Å². The second kappa shape index (κ2) is 7.44. The summed E-state index contributed by atoms with van der Waals surface area (Å²) in [6, 6.07) is 6.70. The quantitative estimate of drug-likeness (QED) is 0.637. The molecule has 2 aromatic rings. The van der Waals surface area contributed by atoms with Gasteiger partial charge in [-0.3, -0.25) is 4.79 Å². The highest BCUT2D eigenvalue weighted by molar-refractivity contribution is 5.79. The standard InChI is InChI=1S/C20H22F2N2O4/c1-2-28-18-13(10-16(23)26)9-15(20(27,11-25)19(22)7-8-19)24-17(18)12-3-5-14(21)6-4-12/h3-6,9,25,27H,2,7-8,10-11H2,1H3,(H2,23,26)/t20-/m0/s1. The molecule has 6 nitrogen and oxygen atoms in total. The Balaban J connectivity index is 2.25. The van der Waals surface area contributed by atoms with Crippen LogP contribution in [-0.2, 0) is 16.8 Å². The van der Waals surface area contributed by atoms with Crippen molar-refractivity contribution in [3.8, 4) is 17.0 Å². The fraction of sp³-hybridized carbons (Fsp3) is 0.400. The third-order valence-corrected chi connectivity index (χ3v) is 4.90. The van der Waals surface area contributed by atoms with Gasteiger partial charge in [0, 0.05) is 11.1 Å². The maximum absolute atomic E-state index is 14.8. The van der Waals surface area contributed by atoms with E-state index in [1.165, 1.54) is 30.3 Å². The van der Waals surface area contributed by atoms with Crippen LogP contribution in [0.15, 0.2) is 30.3 Å². The molecule has 0 bridgehead atoms. The van der Waals surface area contributed by atoms with Crippen LogP contribution in [0.1, 0.15) is 31.0 Å². The van der Waals surface area contributed by atoms with E-state index in [0.29, 0.717) is 11.1 Å². The highest BCUT2D eigenvalue weighted by Gasteiger charge is 2.62. The van der Waals surface area contributed by atoms with Crippen LogP contribution in [-0.4, -0.2) is 40.0 Å². The molecule has 1 aliphatic carbocycles. The first-order valence-electron chi connectivity index (χ1n) is 8.97. The van der Waals surface area contributed by atoms with Crippen molar-refractivity contribution in [3.05, 3.63) is 47.4 Å². The number of nitrogens with two attached hydrogens (primary N) is 1. The number of aliphatic hydroxyl groups is 2. The number of alkyl halides is 1. The van der Waals surface area contributed by atoms with E-state index in [0.717, 1.165) is 0 Å². The summed E-state index contributed by atoms with van der Waals surface area (Å²) in [6.45, 7) is 1.10. The van der Waals surface area contributed by atoms with Gasteiger partial charge in [-0.1, -0.05) is 0 Å². The van der Waals surface area contributed by atoms with Gasteiger partial charge >= 0.3 is 0 Å². The normalized spacial score (nSPS) is 17.0. The number of primary amides is 1. The maximum atomic E-state index is 14.8. The van der Waals surface area contributed by atoms with E-state index in [1.807, 2.05) is 0 Å². The van der Waals surface area contributed by atoms with Crippen molar-refractivity contribution in [2.24, 2.45) is 5.73 Å². The molecular weight excluding hydrogens is 370 g/mol. The van der Waals surface area contributed by atoms with Crippen LogP contribution in [0.25, 0.3) is 11.3 Å². The number of carbonyl (C=O) groups is 1. The number of aromatic nitrogens is 1. The number of hydrogen-bond donors (Lipinski definition) is 3. The lowest BCUT2D eigenvalue weighted by atomic mass is 9.89. The van der Waals surface area contributed by atoms with E-state index in [2.05, 4.69) is 4.98 Å². The van der Waals surface area contributed by atoms with Crippen LogP contribution >= 0.6 is 0 Å². The molecule has 0 radical (unpaired) electrons. The largest absolute Gasteiger partial charge is 0.491 e. The van der Waals surface area contributed by atoms with Gasteiger partial charge in [-0.05, 0) is 50.1 Å². The van der Waals surface area contributed by atoms with E-state index in [9.17, 15) is 23.8 Å². The lowest BCUT2D eigenvalue weighted by molar-refractivity contribution is -0.117. The van der Waals surface area contributed by atoms with E-state index in [-0.39, 0.29) is 43.0 Å². The summed E-state index contributed by atoms with van der Waals surface area (Å²) in [5, 5.41) is 20.6. The Kier molecular flexibility index (Phi) is 5.36. The fourth-order valence-corrected chi connectivity index (χ4v) is 3.20. The van der Waals surface area contributed by atoms with Crippen LogP contribution in [0.2, 0.25) is 0 Å². The number of halogens is 2. The minimum absolute atomic E-state index is 0.0794. The lowest BCUT2D eigenvalue weighted by Gasteiger charge is -2.30. The highest BCUT2D eigenvalue weighted by Crippen LogP contribution is 2.53. The van der Waals surface area contributed by atoms with Gasteiger partial charge in [0.25, 0.3) is 0 Å². The molecule has 1 saturated carbocycles. The van der Waals surface area contributed by atoms with Gasteiger partial charge in [-0.15, -0.1) is 0 Å². The van der Waals surface area contributed by atoms with Crippen LogP contribution in [0.5, 0.6) is 5.75 Å². The molecule has 1 amide bonds. The summed E-state index contributed by atoms with van der Waals surface area (Å²) >= 11 is 0. The minimum atomic E-state index is -2.24. The Hall–Kier alpha value is -2.58. The monoisotopic (exact) mass is 392 g/mol. The Morgan fingerprint density at radius 3 is 2.50 bits per heavy atom. The number of ether oxygens (including phenoxy) is 1. The number of carbonyl (C=O) groups excluding carboxylic acids is 1. The van der Waals surface area contributed by atoms with Gasteiger partial charge in [0.2, 0.25) is 5.91 Å². The van der Waals surface area contributed by atoms with Crippen molar-refractivity contribution in [1.29, 1.82) is 0 Å². The maximum Gasteiger partial charge on any atom is 0.221 e. The molecule has 4 N–H and O–H groups in total. The summed E-state index contributed by atoms with van der Waals surface area (Å²) in [6.07, 6.45) is -0.0776. The third-order valence-electron chi connectivity index (χ3n) is 4.90. The van der Waals surface area contributed by atoms with Gasteiger partial charge in [0.1, 0.15) is 22.9 Å². The molecule has 1 fully saturated rings. The van der Waals surface area contributed by atoms with Gasteiger partial charge in [0.05, 0.1) is 25.3 Å².